The van der Waals surface area contributed by atoms with Crippen LogP contribution in [0.5, 0.6) is 0 Å². The second-order valence-corrected chi connectivity index (χ2v) is 3.64. The molecule has 2 atom stereocenters. The molecule has 0 aromatic heterocycles. The molecule has 0 saturated heterocycles. The van der Waals surface area contributed by atoms with Crippen molar-refractivity contribution >= 4 is 11.9 Å². The molecular formula is C8H12O4. The fourth-order valence-electron chi connectivity index (χ4n) is 1.65. The van der Waals surface area contributed by atoms with Crippen molar-refractivity contribution in [3.8, 4) is 0 Å². The highest BCUT2D eigenvalue weighted by Gasteiger charge is 2.43. The van der Waals surface area contributed by atoms with Gasteiger partial charge in [0.1, 0.15) is 0 Å². The Kier molecular flexibility index (Phi) is 2.08. The van der Waals surface area contributed by atoms with E-state index in [1.54, 1.807) is 6.92 Å². The molecule has 2 N–H and O–H groups in total. The molecule has 0 aromatic carbocycles. The summed E-state index contributed by atoms with van der Waals surface area (Å²) < 4.78 is 0. The lowest BCUT2D eigenvalue weighted by Gasteiger charge is -2.16. The Bertz CT molecular complexity index is 223. The van der Waals surface area contributed by atoms with E-state index in [4.69, 9.17) is 10.2 Å². The third-order valence-electron chi connectivity index (χ3n) is 2.61. The molecule has 1 aliphatic rings. The molecule has 0 heterocycles. The fraction of sp³-hybridized carbons (Fsp3) is 0.750. The van der Waals surface area contributed by atoms with Crippen LogP contribution in [0.25, 0.3) is 0 Å². The number of carbonyl (C=O) groups is 2. The summed E-state index contributed by atoms with van der Waals surface area (Å²) in [6, 6.07) is 0. The molecule has 1 saturated carbocycles. The van der Waals surface area contributed by atoms with Gasteiger partial charge < -0.3 is 10.2 Å². The number of hydrogen-bond donors (Lipinski definition) is 2. The molecule has 4 heteroatoms. The number of rotatable bonds is 2. The van der Waals surface area contributed by atoms with Crippen molar-refractivity contribution in [3.63, 3.8) is 0 Å². The Morgan fingerprint density at radius 1 is 1.42 bits per heavy atom. The highest BCUT2D eigenvalue weighted by atomic mass is 16.4. The maximum absolute atomic E-state index is 10.7. The smallest absolute Gasteiger partial charge is 0.309 e. The van der Waals surface area contributed by atoms with Gasteiger partial charge in [0.15, 0.2) is 0 Å². The standard InChI is InChI=1S/C8H12O4/c1-8(7(11)12)3-2-5(4-8)6(9)10/h5H,2-4H2,1H3,(H,9,10)(H,11,12)/t5-,8+/m1/s1. The zero-order valence-corrected chi connectivity index (χ0v) is 6.91. The minimum Gasteiger partial charge on any atom is -0.481 e. The SMILES string of the molecule is C[C@]1(C(=O)O)CC[C@@H](C(=O)O)C1. The van der Waals surface area contributed by atoms with Gasteiger partial charge >= 0.3 is 11.9 Å². The first-order chi connectivity index (χ1) is 5.46. The molecule has 0 aromatic rings. The van der Waals surface area contributed by atoms with Gasteiger partial charge in [0.05, 0.1) is 11.3 Å². The third kappa shape index (κ3) is 1.42. The van der Waals surface area contributed by atoms with Gasteiger partial charge in [-0.3, -0.25) is 9.59 Å². The van der Waals surface area contributed by atoms with Crippen molar-refractivity contribution in [2.45, 2.75) is 26.2 Å². The van der Waals surface area contributed by atoms with Crippen molar-refractivity contribution in [2.75, 3.05) is 0 Å². The molecule has 1 aliphatic carbocycles. The lowest BCUT2D eigenvalue weighted by Crippen LogP contribution is -2.25. The average Bonchev–Trinajstić information content (AvgIpc) is 2.33. The summed E-state index contributed by atoms with van der Waals surface area (Å²) in [7, 11) is 0. The molecular weight excluding hydrogens is 160 g/mol. The Balaban J connectivity index is 2.67. The summed E-state index contributed by atoms with van der Waals surface area (Å²) in [5.41, 5.74) is -0.816. The zero-order chi connectivity index (χ0) is 9.35. The van der Waals surface area contributed by atoms with E-state index in [1.165, 1.54) is 0 Å². The molecule has 12 heavy (non-hydrogen) atoms. The first-order valence-electron chi connectivity index (χ1n) is 3.92. The topological polar surface area (TPSA) is 74.6 Å². The normalized spacial score (nSPS) is 34.9. The second kappa shape index (κ2) is 2.77. The van der Waals surface area contributed by atoms with Gasteiger partial charge in [0.25, 0.3) is 0 Å². The van der Waals surface area contributed by atoms with E-state index in [2.05, 4.69) is 0 Å². The fourth-order valence-corrected chi connectivity index (χ4v) is 1.65. The van der Waals surface area contributed by atoms with E-state index in [9.17, 15) is 9.59 Å². The summed E-state index contributed by atoms with van der Waals surface area (Å²) in [6.45, 7) is 1.61. The average molecular weight is 172 g/mol. The van der Waals surface area contributed by atoms with Crippen molar-refractivity contribution in [1.82, 2.24) is 0 Å². The van der Waals surface area contributed by atoms with Gasteiger partial charge in [-0.05, 0) is 26.2 Å². The number of hydrogen-bond acceptors (Lipinski definition) is 2. The summed E-state index contributed by atoms with van der Waals surface area (Å²) in [4.78, 5) is 21.2. The van der Waals surface area contributed by atoms with Crippen LogP contribution in [0.4, 0.5) is 0 Å². The van der Waals surface area contributed by atoms with E-state index < -0.39 is 23.3 Å². The van der Waals surface area contributed by atoms with Crippen LogP contribution in [0.1, 0.15) is 26.2 Å². The molecule has 0 amide bonds. The first kappa shape index (κ1) is 9.03. The molecule has 0 aliphatic heterocycles. The van der Waals surface area contributed by atoms with Gasteiger partial charge in [-0.1, -0.05) is 0 Å². The van der Waals surface area contributed by atoms with Crippen LogP contribution in [-0.2, 0) is 9.59 Å². The Hall–Kier alpha value is -1.06. The van der Waals surface area contributed by atoms with E-state index in [1.807, 2.05) is 0 Å². The number of carboxylic acids is 2. The Morgan fingerprint density at radius 3 is 2.25 bits per heavy atom. The molecule has 68 valence electrons. The van der Waals surface area contributed by atoms with Gasteiger partial charge in [-0.15, -0.1) is 0 Å². The monoisotopic (exact) mass is 172 g/mol. The van der Waals surface area contributed by atoms with Gasteiger partial charge in [0.2, 0.25) is 0 Å². The summed E-state index contributed by atoms with van der Waals surface area (Å²) in [5.74, 6) is -2.22. The predicted molar refractivity (Wildman–Crippen MR) is 40.7 cm³/mol. The highest BCUT2D eigenvalue weighted by Crippen LogP contribution is 2.41. The summed E-state index contributed by atoms with van der Waals surface area (Å²) in [5, 5.41) is 17.4. The van der Waals surface area contributed by atoms with Crippen molar-refractivity contribution in [1.29, 1.82) is 0 Å². The van der Waals surface area contributed by atoms with Gasteiger partial charge in [0, 0.05) is 0 Å². The number of aliphatic carboxylic acids is 2. The van der Waals surface area contributed by atoms with Crippen LogP contribution >= 0.6 is 0 Å². The maximum Gasteiger partial charge on any atom is 0.309 e. The van der Waals surface area contributed by atoms with E-state index in [0.717, 1.165) is 0 Å². The summed E-state index contributed by atoms with van der Waals surface area (Å²) in [6.07, 6.45) is 1.22. The molecule has 4 nitrogen and oxygen atoms in total. The van der Waals surface area contributed by atoms with Crippen LogP contribution in [-0.4, -0.2) is 22.2 Å². The van der Waals surface area contributed by atoms with E-state index in [-0.39, 0.29) is 6.42 Å². The molecule has 0 radical (unpaired) electrons. The highest BCUT2D eigenvalue weighted by molar-refractivity contribution is 5.78. The van der Waals surface area contributed by atoms with Crippen LogP contribution in [0.3, 0.4) is 0 Å². The van der Waals surface area contributed by atoms with E-state index in [0.29, 0.717) is 12.8 Å². The molecule has 0 unspecified atom stereocenters. The van der Waals surface area contributed by atoms with E-state index >= 15 is 0 Å². The lowest BCUT2D eigenvalue weighted by molar-refractivity contribution is -0.148. The largest absolute Gasteiger partial charge is 0.481 e. The van der Waals surface area contributed by atoms with Crippen molar-refractivity contribution in [2.24, 2.45) is 11.3 Å². The minimum absolute atomic E-state index is 0.262. The molecule has 0 bridgehead atoms. The maximum atomic E-state index is 10.7. The van der Waals surface area contributed by atoms with Crippen LogP contribution in [0.15, 0.2) is 0 Å². The number of carboxylic acid groups (broad SMARTS) is 2. The first-order valence-corrected chi connectivity index (χ1v) is 3.92. The molecule has 1 rings (SSSR count). The van der Waals surface area contributed by atoms with Gasteiger partial charge in [-0.25, -0.2) is 0 Å². The van der Waals surface area contributed by atoms with Crippen LogP contribution in [0, 0.1) is 11.3 Å². The quantitative estimate of drug-likeness (QED) is 0.650. The Labute approximate surface area is 70.2 Å². The van der Waals surface area contributed by atoms with Crippen LogP contribution < -0.4 is 0 Å². The lowest BCUT2D eigenvalue weighted by atomic mass is 9.88. The third-order valence-corrected chi connectivity index (χ3v) is 2.61. The minimum atomic E-state index is -0.883. The van der Waals surface area contributed by atoms with Crippen LogP contribution in [0.2, 0.25) is 0 Å². The van der Waals surface area contributed by atoms with Gasteiger partial charge in [-0.2, -0.15) is 0 Å². The molecule has 0 spiro atoms. The molecule has 1 fully saturated rings. The predicted octanol–water partition coefficient (Wildman–Crippen LogP) is 0.962. The second-order valence-electron chi connectivity index (χ2n) is 3.64. The van der Waals surface area contributed by atoms with Crippen molar-refractivity contribution < 1.29 is 19.8 Å². The zero-order valence-electron chi connectivity index (χ0n) is 6.91. The summed E-state index contributed by atoms with van der Waals surface area (Å²) >= 11 is 0. The Morgan fingerprint density at radius 2 is 2.00 bits per heavy atom. The van der Waals surface area contributed by atoms with Crippen molar-refractivity contribution in [3.05, 3.63) is 0 Å².